The predicted molar refractivity (Wildman–Crippen MR) is 110 cm³/mol. The van der Waals surface area contributed by atoms with E-state index < -0.39 is 23.4 Å². The molecular weight excluding hydrogens is 388 g/mol. The Morgan fingerprint density at radius 2 is 1.63 bits per heavy atom. The van der Waals surface area contributed by atoms with E-state index >= 15 is 0 Å². The van der Waals surface area contributed by atoms with Gasteiger partial charge in [0.2, 0.25) is 0 Å². The highest BCUT2D eigenvalue weighted by molar-refractivity contribution is 5.95. The van der Waals surface area contributed by atoms with Crippen LogP contribution in [0.2, 0.25) is 0 Å². The zero-order chi connectivity index (χ0) is 21.5. The van der Waals surface area contributed by atoms with E-state index in [1.165, 1.54) is 30.3 Å². The molecule has 0 saturated heterocycles. The van der Waals surface area contributed by atoms with Crippen LogP contribution in [0.4, 0.5) is 11.4 Å². The van der Waals surface area contributed by atoms with Gasteiger partial charge in [0.25, 0.3) is 11.6 Å². The Labute approximate surface area is 172 Å². The second kappa shape index (κ2) is 9.33. The van der Waals surface area contributed by atoms with Crippen molar-refractivity contribution in [3.05, 3.63) is 94.0 Å². The first-order valence-corrected chi connectivity index (χ1v) is 8.97. The summed E-state index contributed by atoms with van der Waals surface area (Å²) in [5.74, 6) is -0.0610. The van der Waals surface area contributed by atoms with Crippen LogP contribution in [0.1, 0.15) is 15.9 Å². The lowest BCUT2D eigenvalue weighted by atomic mass is 10.2. The van der Waals surface area contributed by atoms with Gasteiger partial charge in [-0.2, -0.15) is 0 Å². The molecule has 3 aromatic carbocycles. The SMILES string of the molecule is Cc1ccc(NC(=O)COC(=O)c2ccc(Oc3ccccc3)cc2)cc1[N+](=O)[O-]. The summed E-state index contributed by atoms with van der Waals surface area (Å²) in [5.41, 5.74) is 0.872. The minimum absolute atomic E-state index is 0.109. The van der Waals surface area contributed by atoms with Gasteiger partial charge in [0.05, 0.1) is 10.5 Å². The zero-order valence-electron chi connectivity index (χ0n) is 16.0. The molecule has 0 bridgehead atoms. The van der Waals surface area contributed by atoms with Crippen LogP contribution >= 0.6 is 0 Å². The maximum atomic E-state index is 12.1. The minimum Gasteiger partial charge on any atom is -0.457 e. The van der Waals surface area contributed by atoms with Crippen LogP contribution in [-0.2, 0) is 9.53 Å². The van der Waals surface area contributed by atoms with Crippen molar-refractivity contribution in [3.63, 3.8) is 0 Å². The number of anilines is 1. The average molecular weight is 406 g/mol. The average Bonchev–Trinajstić information content (AvgIpc) is 2.74. The molecule has 152 valence electrons. The van der Waals surface area contributed by atoms with Crippen LogP contribution in [0.5, 0.6) is 11.5 Å². The summed E-state index contributed by atoms with van der Waals surface area (Å²) >= 11 is 0. The highest BCUT2D eigenvalue weighted by Crippen LogP contribution is 2.23. The Morgan fingerprint density at radius 3 is 2.30 bits per heavy atom. The van der Waals surface area contributed by atoms with Crippen molar-refractivity contribution >= 4 is 23.3 Å². The monoisotopic (exact) mass is 406 g/mol. The molecule has 0 heterocycles. The fourth-order valence-corrected chi connectivity index (χ4v) is 2.58. The standard InChI is InChI=1S/C22H18N2O6/c1-15-7-10-17(13-20(15)24(27)28)23-21(25)14-29-22(26)16-8-11-19(12-9-16)30-18-5-3-2-4-6-18/h2-13H,14H2,1H3,(H,23,25). The molecule has 1 amide bonds. The quantitative estimate of drug-likeness (QED) is 0.352. The van der Waals surface area contributed by atoms with E-state index in [1.807, 2.05) is 30.3 Å². The number of carbonyl (C=O) groups excluding carboxylic acids is 2. The largest absolute Gasteiger partial charge is 0.457 e. The maximum absolute atomic E-state index is 12.1. The number of amides is 1. The fraction of sp³-hybridized carbons (Fsp3) is 0.0909. The van der Waals surface area contributed by atoms with Crippen molar-refractivity contribution in [2.45, 2.75) is 6.92 Å². The number of rotatable bonds is 7. The van der Waals surface area contributed by atoms with Crippen LogP contribution in [0.25, 0.3) is 0 Å². The van der Waals surface area contributed by atoms with Crippen LogP contribution < -0.4 is 10.1 Å². The van der Waals surface area contributed by atoms with Crippen LogP contribution in [0.15, 0.2) is 72.8 Å². The summed E-state index contributed by atoms with van der Waals surface area (Å²) in [7, 11) is 0. The van der Waals surface area contributed by atoms with Gasteiger partial charge >= 0.3 is 5.97 Å². The van der Waals surface area contributed by atoms with E-state index in [1.54, 1.807) is 19.1 Å². The van der Waals surface area contributed by atoms with Gasteiger partial charge in [0.15, 0.2) is 6.61 Å². The molecule has 0 unspecified atom stereocenters. The molecule has 0 atom stereocenters. The van der Waals surface area contributed by atoms with Crippen molar-refractivity contribution in [2.75, 3.05) is 11.9 Å². The third kappa shape index (κ3) is 5.41. The lowest BCUT2D eigenvalue weighted by Gasteiger charge is -2.08. The van der Waals surface area contributed by atoms with Crippen molar-refractivity contribution in [2.24, 2.45) is 0 Å². The topological polar surface area (TPSA) is 108 Å². The summed E-state index contributed by atoms with van der Waals surface area (Å²) in [5, 5.41) is 13.4. The Morgan fingerprint density at radius 1 is 0.967 bits per heavy atom. The number of para-hydroxylation sites is 1. The number of nitrogens with one attached hydrogen (secondary N) is 1. The van der Waals surface area contributed by atoms with Crippen molar-refractivity contribution < 1.29 is 24.0 Å². The molecule has 0 radical (unpaired) electrons. The first-order chi connectivity index (χ1) is 14.4. The third-order valence-electron chi connectivity index (χ3n) is 4.09. The van der Waals surface area contributed by atoms with Gasteiger partial charge in [-0.1, -0.05) is 24.3 Å². The lowest BCUT2D eigenvalue weighted by Crippen LogP contribution is -2.21. The van der Waals surface area contributed by atoms with Gasteiger partial charge < -0.3 is 14.8 Å². The van der Waals surface area contributed by atoms with Gasteiger partial charge in [0.1, 0.15) is 11.5 Å². The number of esters is 1. The van der Waals surface area contributed by atoms with Gasteiger partial charge in [-0.3, -0.25) is 14.9 Å². The number of nitro groups is 1. The molecule has 0 saturated carbocycles. The predicted octanol–water partition coefficient (Wildman–Crippen LogP) is 4.49. The number of hydrogen-bond donors (Lipinski definition) is 1. The summed E-state index contributed by atoms with van der Waals surface area (Å²) in [6.45, 7) is 1.07. The summed E-state index contributed by atoms with van der Waals surface area (Å²) in [6, 6.07) is 19.8. The van der Waals surface area contributed by atoms with Gasteiger partial charge in [-0.15, -0.1) is 0 Å². The first-order valence-electron chi connectivity index (χ1n) is 8.97. The second-order valence-corrected chi connectivity index (χ2v) is 6.32. The van der Waals surface area contributed by atoms with Crippen molar-refractivity contribution in [3.8, 4) is 11.5 Å². The van der Waals surface area contributed by atoms with Crippen LogP contribution in [-0.4, -0.2) is 23.4 Å². The highest BCUT2D eigenvalue weighted by Gasteiger charge is 2.14. The molecule has 3 rings (SSSR count). The molecule has 0 spiro atoms. The minimum atomic E-state index is -0.675. The zero-order valence-corrected chi connectivity index (χ0v) is 16.0. The number of benzene rings is 3. The summed E-state index contributed by atoms with van der Waals surface area (Å²) in [6.07, 6.45) is 0. The third-order valence-corrected chi connectivity index (χ3v) is 4.09. The van der Waals surface area contributed by atoms with Gasteiger partial charge in [-0.25, -0.2) is 4.79 Å². The van der Waals surface area contributed by atoms with E-state index in [-0.39, 0.29) is 16.9 Å². The van der Waals surface area contributed by atoms with E-state index in [4.69, 9.17) is 9.47 Å². The van der Waals surface area contributed by atoms with E-state index in [2.05, 4.69) is 5.32 Å². The molecule has 0 aliphatic heterocycles. The number of carbonyl (C=O) groups is 2. The Bertz CT molecular complexity index is 1060. The maximum Gasteiger partial charge on any atom is 0.338 e. The molecule has 8 nitrogen and oxygen atoms in total. The molecule has 1 N–H and O–H groups in total. The molecule has 30 heavy (non-hydrogen) atoms. The lowest BCUT2D eigenvalue weighted by molar-refractivity contribution is -0.385. The molecule has 0 fully saturated rings. The number of hydrogen-bond acceptors (Lipinski definition) is 6. The molecule has 0 aromatic heterocycles. The highest BCUT2D eigenvalue weighted by atomic mass is 16.6. The second-order valence-electron chi connectivity index (χ2n) is 6.32. The van der Waals surface area contributed by atoms with Gasteiger partial charge in [-0.05, 0) is 49.4 Å². The molecule has 0 aliphatic rings. The number of ether oxygens (including phenoxy) is 2. The molecular formula is C22H18N2O6. The molecule has 0 aliphatic carbocycles. The first kappa shape index (κ1) is 20.5. The van der Waals surface area contributed by atoms with E-state index in [9.17, 15) is 19.7 Å². The Balaban J connectivity index is 1.53. The number of nitrogens with zero attached hydrogens (tertiary/aromatic N) is 1. The Kier molecular flexibility index (Phi) is 6.39. The van der Waals surface area contributed by atoms with Gasteiger partial charge in [0, 0.05) is 17.3 Å². The Hall–Kier alpha value is -4.20. The molecule has 3 aromatic rings. The normalized spacial score (nSPS) is 10.2. The summed E-state index contributed by atoms with van der Waals surface area (Å²) < 4.78 is 10.6. The van der Waals surface area contributed by atoms with Crippen molar-refractivity contribution in [1.29, 1.82) is 0 Å². The molecule has 8 heteroatoms. The van der Waals surface area contributed by atoms with Crippen LogP contribution in [0, 0.1) is 17.0 Å². The van der Waals surface area contributed by atoms with Crippen molar-refractivity contribution in [1.82, 2.24) is 0 Å². The van der Waals surface area contributed by atoms with E-state index in [0.29, 0.717) is 17.1 Å². The number of aryl methyl sites for hydroxylation is 1. The van der Waals surface area contributed by atoms with E-state index in [0.717, 1.165) is 0 Å². The summed E-state index contributed by atoms with van der Waals surface area (Å²) in [4.78, 5) is 34.6. The number of nitro benzene ring substituents is 1. The fourth-order valence-electron chi connectivity index (χ4n) is 2.58. The smallest absolute Gasteiger partial charge is 0.338 e. The van der Waals surface area contributed by atoms with Crippen LogP contribution in [0.3, 0.4) is 0 Å².